The van der Waals surface area contributed by atoms with E-state index in [1.54, 1.807) is 17.5 Å². The maximum atomic E-state index is 6.05. The zero-order valence-corrected chi connectivity index (χ0v) is 9.90. The predicted octanol–water partition coefficient (Wildman–Crippen LogP) is 3.90. The second kappa shape index (κ2) is 4.64. The molecule has 0 saturated carbocycles. The normalized spacial score (nSPS) is 10.3. The average Bonchev–Trinajstić information content (AvgIpc) is 2.65. The molecular weight excluding hydrogens is 228 g/mol. The Bertz CT molecular complexity index is 453. The number of hydrogen-bond acceptors (Lipinski definition) is 3. The summed E-state index contributed by atoms with van der Waals surface area (Å²) >= 11 is 7.66. The molecule has 2 aromatic heterocycles. The van der Waals surface area contributed by atoms with Crippen LogP contribution in [0, 0.1) is 0 Å². The van der Waals surface area contributed by atoms with Crippen LogP contribution >= 0.6 is 22.9 Å². The molecule has 2 rings (SSSR count). The smallest absolute Gasteiger partial charge is 0.0837 e. The fourth-order valence-corrected chi connectivity index (χ4v) is 2.47. The molecule has 0 atom stereocenters. The molecule has 4 heteroatoms. The van der Waals surface area contributed by atoms with Crippen molar-refractivity contribution < 1.29 is 0 Å². The van der Waals surface area contributed by atoms with Gasteiger partial charge in [0, 0.05) is 18.4 Å². The summed E-state index contributed by atoms with van der Waals surface area (Å²) in [6.45, 7) is 2.97. The van der Waals surface area contributed by atoms with Gasteiger partial charge in [0.15, 0.2) is 0 Å². The van der Waals surface area contributed by atoms with Gasteiger partial charge in [-0.25, -0.2) is 0 Å². The van der Waals surface area contributed by atoms with E-state index in [9.17, 15) is 0 Å². The van der Waals surface area contributed by atoms with E-state index in [0.717, 1.165) is 27.8 Å². The predicted molar refractivity (Wildman–Crippen MR) is 66.7 cm³/mol. The molecule has 2 heterocycles. The van der Waals surface area contributed by atoms with Crippen LogP contribution in [0.25, 0.3) is 10.6 Å². The minimum Gasteiger partial charge on any atom is -0.385 e. The highest BCUT2D eigenvalue weighted by molar-refractivity contribution is 7.14. The number of hydrogen-bond donors (Lipinski definition) is 1. The number of anilines is 1. The van der Waals surface area contributed by atoms with Gasteiger partial charge in [0.25, 0.3) is 0 Å². The van der Waals surface area contributed by atoms with Gasteiger partial charge in [-0.05, 0) is 30.5 Å². The summed E-state index contributed by atoms with van der Waals surface area (Å²) in [7, 11) is 0. The number of nitrogens with zero attached hydrogens (tertiary/aromatic N) is 1. The Morgan fingerprint density at radius 2 is 2.33 bits per heavy atom. The molecule has 0 aliphatic carbocycles. The molecule has 2 nitrogen and oxygen atoms in total. The number of nitrogens with one attached hydrogen (secondary N) is 1. The van der Waals surface area contributed by atoms with Crippen LogP contribution in [-0.4, -0.2) is 11.5 Å². The van der Waals surface area contributed by atoms with Crippen molar-refractivity contribution >= 4 is 28.6 Å². The second-order valence-electron chi connectivity index (χ2n) is 3.06. The molecule has 78 valence electrons. The molecule has 0 aromatic carbocycles. The van der Waals surface area contributed by atoms with Crippen molar-refractivity contribution in [1.82, 2.24) is 4.98 Å². The van der Waals surface area contributed by atoms with Crippen molar-refractivity contribution in [2.24, 2.45) is 0 Å². The van der Waals surface area contributed by atoms with Gasteiger partial charge in [-0.1, -0.05) is 11.6 Å². The lowest BCUT2D eigenvalue weighted by Crippen LogP contribution is -1.96. The highest BCUT2D eigenvalue weighted by Gasteiger charge is 2.06. The van der Waals surface area contributed by atoms with Crippen LogP contribution < -0.4 is 5.32 Å². The van der Waals surface area contributed by atoms with Crippen molar-refractivity contribution in [3.8, 4) is 10.6 Å². The summed E-state index contributed by atoms with van der Waals surface area (Å²) in [5.41, 5.74) is 2.00. The van der Waals surface area contributed by atoms with Crippen molar-refractivity contribution in [3.05, 3.63) is 34.8 Å². The topological polar surface area (TPSA) is 24.9 Å². The first-order valence-electron chi connectivity index (χ1n) is 4.74. The van der Waals surface area contributed by atoms with Gasteiger partial charge in [0.1, 0.15) is 0 Å². The molecule has 0 aliphatic rings. The minimum atomic E-state index is 0.765. The molecule has 0 saturated heterocycles. The number of rotatable bonds is 3. The fraction of sp³-hybridized carbons (Fsp3) is 0.182. The van der Waals surface area contributed by atoms with E-state index < -0.39 is 0 Å². The number of aromatic nitrogens is 1. The lowest BCUT2D eigenvalue weighted by atomic mass is 10.3. The third-order valence-electron chi connectivity index (χ3n) is 1.99. The van der Waals surface area contributed by atoms with Gasteiger partial charge in [0.2, 0.25) is 0 Å². The summed E-state index contributed by atoms with van der Waals surface area (Å²) in [6, 6.07) is 5.86. The van der Waals surface area contributed by atoms with Crippen LogP contribution in [0.4, 0.5) is 5.69 Å². The van der Waals surface area contributed by atoms with Gasteiger partial charge in [-0.3, -0.25) is 4.98 Å². The summed E-state index contributed by atoms with van der Waals surface area (Å²) in [5.74, 6) is 0. The Labute approximate surface area is 97.9 Å². The highest BCUT2D eigenvalue weighted by atomic mass is 35.5. The maximum Gasteiger partial charge on any atom is 0.0837 e. The SMILES string of the molecule is CCNc1ccnc(-c2sccc2Cl)c1. The molecule has 2 aromatic rings. The van der Waals surface area contributed by atoms with E-state index in [0.29, 0.717) is 0 Å². The Morgan fingerprint density at radius 1 is 1.47 bits per heavy atom. The summed E-state index contributed by atoms with van der Waals surface area (Å²) < 4.78 is 0. The van der Waals surface area contributed by atoms with Crippen molar-refractivity contribution in [2.75, 3.05) is 11.9 Å². The standard InChI is InChI=1S/C11H11ClN2S/c1-2-13-8-3-5-14-10(7-8)11-9(12)4-6-15-11/h3-7H,2H2,1H3,(H,13,14). The van der Waals surface area contributed by atoms with Crippen LogP contribution in [0.15, 0.2) is 29.8 Å². The van der Waals surface area contributed by atoms with Gasteiger partial charge < -0.3 is 5.32 Å². The van der Waals surface area contributed by atoms with Crippen LogP contribution in [-0.2, 0) is 0 Å². The maximum absolute atomic E-state index is 6.05. The van der Waals surface area contributed by atoms with E-state index in [-0.39, 0.29) is 0 Å². The van der Waals surface area contributed by atoms with Crippen molar-refractivity contribution in [2.45, 2.75) is 6.92 Å². The number of halogens is 1. The van der Waals surface area contributed by atoms with Crippen molar-refractivity contribution in [1.29, 1.82) is 0 Å². The van der Waals surface area contributed by atoms with Crippen LogP contribution in [0.3, 0.4) is 0 Å². The van der Waals surface area contributed by atoms with E-state index in [4.69, 9.17) is 11.6 Å². The zero-order valence-electron chi connectivity index (χ0n) is 8.33. The van der Waals surface area contributed by atoms with Gasteiger partial charge in [-0.2, -0.15) is 0 Å². The van der Waals surface area contributed by atoms with Crippen molar-refractivity contribution in [3.63, 3.8) is 0 Å². The molecule has 0 fully saturated rings. The van der Waals surface area contributed by atoms with Crippen LogP contribution in [0.2, 0.25) is 5.02 Å². The highest BCUT2D eigenvalue weighted by Crippen LogP contribution is 2.32. The Kier molecular flexibility index (Phi) is 3.23. The third kappa shape index (κ3) is 2.30. The van der Waals surface area contributed by atoms with E-state index in [1.807, 2.05) is 23.6 Å². The summed E-state index contributed by atoms with van der Waals surface area (Å²) in [4.78, 5) is 5.34. The quantitative estimate of drug-likeness (QED) is 0.878. The molecule has 0 aliphatic heterocycles. The zero-order chi connectivity index (χ0) is 10.7. The molecule has 0 amide bonds. The fourth-order valence-electron chi connectivity index (χ4n) is 1.35. The Hall–Kier alpha value is -1.06. The first-order valence-corrected chi connectivity index (χ1v) is 6.00. The second-order valence-corrected chi connectivity index (χ2v) is 4.38. The van der Waals surface area contributed by atoms with Gasteiger partial charge in [0.05, 0.1) is 15.6 Å². The molecule has 0 radical (unpaired) electrons. The first kappa shape index (κ1) is 10.5. The van der Waals surface area contributed by atoms with E-state index in [1.165, 1.54) is 0 Å². The minimum absolute atomic E-state index is 0.765. The van der Waals surface area contributed by atoms with Gasteiger partial charge in [-0.15, -0.1) is 11.3 Å². The number of pyridine rings is 1. The Morgan fingerprint density at radius 3 is 3.00 bits per heavy atom. The summed E-state index contributed by atoms with van der Waals surface area (Å²) in [6.07, 6.45) is 1.80. The van der Waals surface area contributed by atoms with Crippen LogP contribution in [0.5, 0.6) is 0 Å². The first-order chi connectivity index (χ1) is 7.31. The molecule has 0 spiro atoms. The summed E-state index contributed by atoms with van der Waals surface area (Å²) in [5, 5.41) is 5.99. The van der Waals surface area contributed by atoms with Gasteiger partial charge >= 0.3 is 0 Å². The molecule has 1 N–H and O–H groups in total. The lowest BCUT2D eigenvalue weighted by molar-refractivity contribution is 1.20. The molecular formula is C11H11ClN2S. The number of thiophene rings is 1. The molecule has 0 bridgehead atoms. The third-order valence-corrected chi connectivity index (χ3v) is 3.35. The Balaban J connectivity index is 2.37. The molecule has 0 unspecified atom stereocenters. The average molecular weight is 239 g/mol. The monoisotopic (exact) mass is 238 g/mol. The largest absolute Gasteiger partial charge is 0.385 e. The lowest BCUT2D eigenvalue weighted by Gasteiger charge is -2.04. The molecule has 15 heavy (non-hydrogen) atoms. The van der Waals surface area contributed by atoms with Crippen LogP contribution in [0.1, 0.15) is 6.92 Å². The van der Waals surface area contributed by atoms with E-state index >= 15 is 0 Å². The van der Waals surface area contributed by atoms with E-state index in [2.05, 4.69) is 17.2 Å².